The summed E-state index contributed by atoms with van der Waals surface area (Å²) in [5.41, 5.74) is 3.85. The van der Waals surface area contributed by atoms with Crippen molar-refractivity contribution >= 4 is 5.91 Å². The van der Waals surface area contributed by atoms with Crippen LogP contribution in [0.1, 0.15) is 52.0 Å². The van der Waals surface area contributed by atoms with Crippen molar-refractivity contribution < 1.29 is 14.6 Å². The molecule has 1 aliphatic carbocycles. The van der Waals surface area contributed by atoms with E-state index in [0.29, 0.717) is 17.7 Å². The first-order chi connectivity index (χ1) is 14.2. The Hall–Kier alpha value is -3.11. The van der Waals surface area contributed by atoms with Crippen LogP contribution in [-0.2, 0) is 6.42 Å². The van der Waals surface area contributed by atoms with Crippen molar-refractivity contribution in [3.63, 3.8) is 0 Å². The molecule has 2 unspecified atom stereocenters. The van der Waals surface area contributed by atoms with Crippen LogP contribution in [0.25, 0.3) is 0 Å². The molecule has 3 aromatic carbocycles. The Kier molecular flexibility index (Phi) is 4.57. The van der Waals surface area contributed by atoms with E-state index in [4.69, 9.17) is 4.74 Å². The molecule has 4 heteroatoms. The van der Waals surface area contributed by atoms with E-state index in [1.165, 1.54) is 11.1 Å². The van der Waals surface area contributed by atoms with Gasteiger partial charge in [-0.25, -0.2) is 0 Å². The highest BCUT2D eigenvalue weighted by Crippen LogP contribution is 2.39. The molecule has 1 aliphatic heterocycles. The van der Waals surface area contributed by atoms with Crippen LogP contribution in [0.4, 0.5) is 0 Å². The quantitative estimate of drug-likeness (QED) is 0.684. The van der Waals surface area contributed by atoms with Gasteiger partial charge in [-0.3, -0.25) is 4.79 Å². The van der Waals surface area contributed by atoms with E-state index in [2.05, 4.69) is 12.1 Å². The Morgan fingerprint density at radius 2 is 1.72 bits per heavy atom. The fourth-order valence-electron chi connectivity index (χ4n) is 4.54. The lowest BCUT2D eigenvalue weighted by molar-refractivity contribution is 0.0141. The molecule has 146 valence electrons. The monoisotopic (exact) mass is 385 g/mol. The third-order valence-corrected chi connectivity index (χ3v) is 5.97. The number of benzene rings is 3. The minimum Gasteiger partial charge on any atom is -0.457 e. The number of nitrogens with zero attached hydrogens (tertiary/aromatic N) is 1. The van der Waals surface area contributed by atoms with Gasteiger partial charge in [0, 0.05) is 23.6 Å². The first-order valence-corrected chi connectivity index (χ1v) is 10.1. The minimum atomic E-state index is -0.857. The minimum absolute atomic E-state index is 0.0794. The number of fused-ring (bicyclic) bond motifs is 2. The SMILES string of the molecule is O=C1c2ccccc2C(O)N1CC1CCCc2cc(Oc3ccccc3)ccc21. The largest absolute Gasteiger partial charge is 0.457 e. The molecule has 5 rings (SSSR count). The Morgan fingerprint density at radius 1 is 0.931 bits per heavy atom. The van der Waals surface area contributed by atoms with Crippen LogP contribution < -0.4 is 4.74 Å². The fourth-order valence-corrected chi connectivity index (χ4v) is 4.54. The van der Waals surface area contributed by atoms with Gasteiger partial charge in [-0.2, -0.15) is 0 Å². The maximum absolute atomic E-state index is 12.8. The van der Waals surface area contributed by atoms with Gasteiger partial charge in [-0.1, -0.05) is 42.5 Å². The van der Waals surface area contributed by atoms with E-state index in [0.717, 1.165) is 30.8 Å². The van der Waals surface area contributed by atoms with Crippen molar-refractivity contribution in [2.45, 2.75) is 31.4 Å². The van der Waals surface area contributed by atoms with Crippen molar-refractivity contribution in [2.24, 2.45) is 0 Å². The van der Waals surface area contributed by atoms with Crippen molar-refractivity contribution in [1.29, 1.82) is 0 Å². The number of rotatable bonds is 4. The van der Waals surface area contributed by atoms with Crippen molar-refractivity contribution in [3.8, 4) is 11.5 Å². The molecule has 1 amide bonds. The number of aliphatic hydroxyl groups excluding tert-OH is 1. The number of aryl methyl sites for hydroxylation is 1. The van der Waals surface area contributed by atoms with Gasteiger partial charge in [0.05, 0.1) is 0 Å². The van der Waals surface area contributed by atoms with Gasteiger partial charge in [-0.15, -0.1) is 0 Å². The molecule has 0 spiro atoms. The number of hydrogen-bond donors (Lipinski definition) is 1. The molecule has 0 saturated carbocycles. The number of aliphatic hydroxyl groups is 1. The number of carbonyl (C=O) groups is 1. The van der Waals surface area contributed by atoms with E-state index in [1.54, 1.807) is 11.0 Å². The Morgan fingerprint density at radius 3 is 2.55 bits per heavy atom. The predicted molar refractivity (Wildman–Crippen MR) is 111 cm³/mol. The van der Waals surface area contributed by atoms with Crippen molar-refractivity contribution in [1.82, 2.24) is 4.90 Å². The van der Waals surface area contributed by atoms with Crippen LogP contribution in [0, 0.1) is 0 Å². The summed E-state index contributed by atoms with van der Waals surface area (Å²) in [7, 11) is 0. The topological polar surface area (TPSA) is 49.8 Å². The molecule has 1 heterocycles. The zero-order valence-corrected chi connectivity index (χ0v) is 16.1. The molecule has 0 aromatic heterocycles. The normalized spacial score (nSPS) is 20.3. The summed E-state index contributed by atoms with van der Waals surface area (Å²) in [4.78, 5) is 14.4. The van der Waals surface area contributed by atoms with Crippen LogP contribution in [0.3, 0.4) is 0 Å². The van der Waals surface area contributed by atoms with Crippen LogP contribution in [0.15, 0.2) is 72.8 Å². The molecular weight excluding hydrogens is 362 g/mol. The van der Waals surface area contributed by atoms with Crippen molar-refractivity contribution in [3.05, 3.63) is 95.1 Å². The van der Waals surface area contributed by atoms with Gasteiger partial charge in [0.25, 0.3) is 5.91 Å². The van der Waals surface area contributed by atoms with Gasteiger partial charge in [0.1, 0.15) is 11.5 Å². The molecule has 0 radical (unpaired) electrons. The molecule has 0 fully saturated rings. The standard InChI is InChI=1S/C25H23NO3/c27-24-22-11-4-5-12-23(22)25(28)26(24)16-18-8-6-7-17-15-20(13-14-21(17)18)29-19-9-2-1-3-10-19/h1-5,9-15,18,24,27H,6-8,16H2. The maximum Gasteiger partial charge on any atom is 0.256 e. The highest BCUT2D eigenvalue weighted by Gasteiger charge is 2.37. The number of carbonyl (C=O) groups excluding carboxylic acids is 1. The lowest BCUT2D eigenvalue weighted by Crippen LogP contribution is -2.33. The van der Waals surface area contributed by atoms with E-state index in [-0.39, 0.29) is 11.8 Å². The Labute approximate surface area is 170 Å². The number of ether oxygens (including phenoxy) is 1. The summed E-state index contributed by atoms with van der Waals surface area (Å²) in [6.45, 7) is 0.528. The molecular formula is C25H23NO3. The second kappa shape index (κ2) is 7.37. The van der Waals surface area contributed by atoms with E-state index in [1.807, 2.05) is 54.6 Å². The molecule has 3 aromatic rings. The summed E-state index contributed by atoms with van der Waals surface area (Å²) in [6, 6.07) is 23.4. The number of amides is 1. The first kappa shape index (κ1) is 18.0. The van der Waals surface area contributed by atoms with E-state index < -0.39 is 6.23 Å². The average Bonchev–Trinajstić information content (AvgIpc) is 3.00. The molecule has 2 aliphatic rings. The summed E-state index contributed by atoms with van der Waals surface area (Å²) in [5.74, 6) is 1.80. The van der Waals surface area contributed by atoms with Crippen LogP contribution >= 0.6 is 0 Å². The van der Waals surface area contributed by atoms with Crippen LogP contribution in [0.2, 0.25) is 0 Å². The smallest absolute Gasteiger partial charge is 0.256 e. The lowest BCUT2D eigenvalue weighted by Gasteiger charge is -2.31. The van der Waals surface area contributed by atoms with E-state index in [9.17, 15) is 9.90 Å². The summed E-state index contributed by atoms with van der Waals surface area (Å²) in [6.07, 6.45) is 2.23. The maximum atomic E-state index is 12.8. The molecule has 0 bridgehead atoms. The lowest BCUT2D eigenvalue weighted by atomic mass is 9.82. The van der Waals surface area contributed by atoms with Gasteiger partial charge in [0.15, 0.2) is 6.23 Å². The summed E-state index contributed by atoms with van der Waals surface area (Å²) < 4.78 is 5.98. The fraction of sp³-hybridized carbons (Fsp3) is 0.240. The second-order valence-corrected chi connectivity index (χ2v) is 7.78. The third-order valence-electron chi connectivity index (χ3n) is 5.97. The molecule has 29 heavy (non-hydrogen) atoms. The molecule has 2 atom stereocenters. The van der Waals surface area contributed by atoms with Gasteiger partial charge >= 0.3 is 0 Å². The predicted octanol–water partition coefficient (Wildman–Crippen LogP) is 5.05. The second-order valence-electron chi connectivity index (χ2n) is 7.78. The highest BCUT2D eigenvalue weighted by molar-refractivity contribution is 5.98. The molecule has 4 nitrogen and oxygen atoms in total. The van der Waals surface area contributed by atoms with Crippen LogP contribution in [0.5, 0.6) is 11.5 Å². The average molecular weight is 385 g/mol. The zero-order valence-electron chi connectivity index (χ0n) is 16.1. The van der Waals surface area contributed by atoms with Gasteiger partial charge < -0.3 is 14.7 Å². The summed E-state index contributed by atoms with van der Waals surface area (Å²) in [5, 5.41) is 10.7. The Balaban J connectivity index is 1.37. The van der Waals surface area contributed by atoms with Crippen molar-refractivity contribution in [2.75, 3.05) is 6.54 Å². The zero-order chi connectivity index (χ0) is 19.8. The third kappa shape index (κ3) is 3.30. The van der Waals surface area contributed by atoms with Gasteiger partial charge in [0.2, 0.25) is 0 Å². The van der Waals surface area contributed by atoms with E-state index >= 15 is 0 Å². The number of hydrogen-bond acceptors (Lipinski definition) is 3. The first-order valence-electron chi connectivity index (χ1n) is 10.1. The molecule has 0 saturated heterocycles. The highest BCUT2D eigenvalue weighted by atomic mass is 16.5. The van der Waals surface area contributed by atoms with Crippen LogP contribution in [-0.4, -0.2) is 22.5 Å². The Bertz CT molecular complexity index is 1050. The molecule has 1 N–H and O–H groups in total. The summed E-state index contributed by atoms with van der Waals surface area (Å²) >= 11 is 0. The van der Waals surface area contributed by atoms with Gasteiger partial charge in [-0.05, 0) is 60.7 Å². The number of para-hydroxylation sites is 1.